The summed E-state index contributed by atoms with van der Waals surface area (Å²) in [5.74, 6) is -0.553. The Labute approximate surface area is 111 Å². The number of nitrogens with zero attached hydrogens (tertiary/aromatic N) is 1. The van der Waals surface area contributed by atoms with E-state index in [1.807, 2.05) is 18.2 Å². The van der Waals surface area contributed by atoms with Crippen molar-refractivity contribution in [1.29, 1.82) is 5.26 Å². The van der Waals surface area contributed by atoms with Gasteiger partial charge in [-0.05, 0) is 48.6 Å². The summed E-state index contributed by atoms with van der Waals surface area (Å²) < 4.78 is 4.90. The average Bonchev–Trinajstić information content (AvgIpc) is 2.74. The molecule has 0 saturated heterocycles. The number of hydrogen-bond acceptors (Lipinski definition) is 3. The zero-order valence-corrected chi connectivity index (χ0v) is 10.8. The molecule has 0 spiro atoms. The molecule has 0 N–H and O–H groups in total. The molecule has 1 aromatic rings. The average molecular weight is 262 g/mol. The van der Waals surface area contributed by atoms with Gasteiger partial charge in [-0.2, -0.15) is 5.26 Å². The Bertz CT molecular complexity index is 570. The van der Waals surface area contributed by atoms with Gasteiger partial charge in [0.05, 0.1) is 6.61 Å². The highest BCUT2D eigenvalue weighted by Gasteiger charge is 2.24. The topological polar surface area (TPSA) is 50.1 Å². The number of halogens is 1. The molecular formula is C14H12ClNO2. The minimum Gasteiger partial charge on any atom is -0.462 e. The number of esters is 1. The second-order valence-electron chi connectivity index (χ2n) is 3.99. The van der Waals surface area contributed by atoms with E-state index in [1.165, 1.54) is 0 Å². The van der Waals surface area contributed by atoms with E-state index < -0.39 is 5.97 Å². The molecule has 4 heteroatoms. The van der Waals surface area contributed by atoms with Crippen molar-refractivity contribution in [1.82, 2.24) is 0 Å². The Balaban J connectivity index is 2.50. The van der Waals surface area contributed by atoms with Gasteiger partial charge in [0, 0.05) is 5.02 Å². The Morgan fingerprint density at radius 3 is 2.94 bits per heavy atom. The molecule has 0 unspecified atom stereocenters. The smallest absolute Gasteiger partial charge is 0.349 e. The molecule has 0 fully saturated rings. The molecule has 0 aromatic heterocycles. The van der Waals surface area contributed by atoms with Crippen LogP contribution in [0.2, 0.25) is 5.02 Å². The summed E-state index contributed by atoms with van der Waals surface area (Å²) in [6.07, 6.45) is 1.50. The summed E-state index contributed by atoms with van der Waals surface area (Å²) in [6, 6.07) is 7.51. The molecule has 1 aliphatic carbocycles. The highest BCUT2D eigenvalue weighted by atomic mass is 35.5. The van der Waals surface area contributed by atoms with Crippen molar-refractivity contribution in [3.05, 3.63) is 39.9 Å². The minimum absolute atomic E-state index is 0.0952. The number of allylic oxidation sites excluding steroid dienone is 1. The van der Waals surface area contributed by atoms with Crippen LogP contribution in [0.25, 0.3) is 5.57 Å². The van der Waals surface area contributed by atoms with E-state index in [0.29, 0.717) is 11.4 Å². The molecule has 1 aromatic carbocycles. The first-order valence-corrected chi connectivity index (χ1v) is 6.14. The SMILES string of the molecule is CCOC(=O)C(C#N)=C1CCc2ccc(Cl)cc21. The maximum absolute atomic E-state index is 11.7. The fourth-order valence-electron chi connectivity index (χ4n) is 2.14. The van der Waals surface area contributed by atoms with Gasteiger partial charge in [-0.25, -0.2) is 4.79 Å². The van der Waals surface area contributed by atoms with E-state index in [1.54, 1.807) is 13.0 Å². The summed E-state index contributed by atoms with van der Waals surface area (Å²) in [7, 11) is 0. The number of carbonyl (C=O) groups excluding carboxylic acids is 1. The molecule has 0 heterocycles. The van der Waals surface area contributed by atoms with Crippen molar-refractivity contribution >= 4 is 23.1 Å². The quantitative estimate of drug-likeness (QED) is 0.467. The van der Waals surface area contributed by atoms with E-state index in [-0.39, 0.29) is 12.2 Å². The molecule has 3 nitrogen and oxygen atoms in total. The van der Waals surface area contributed by atoms with Gasteiger partial charge in [0.15, 0.2) is 0 Å². The zero-order chi connectivity index (χ0) is 13.1. The lowest BCUT2D eigenvalue weighted by Gasteiger charge is -2.05. The summed E-state index contributed by atoms with van der Waals surface area (Å²) in [6.45, 7) is 1.98. The van der Waals surface area contributed by atoms with Crippen molar-refractivity contribution in [2.45, 2.75) is 19.8 Å². The van der Waals surface area contributed by atoms with Crippen molar-refractivity contribution in [3.63, 3.8) is 0 Å². The number of nitriles is 1. The Morgan fingerprint density at radius 2 is 2.28 bits per heavy atom. The van der Waals surface area contributed by atoms with Gasteiger partial charge in [-0.3, -0.25) is 0 Å². The number of hydrogen-bond donors (Lipinski definition) is 0. The van der Waals surface area contributed by atoms with Gasteiger partial charge in [0.25, 0.3) is 0 Å². The van der Waals surface area contributed by atoms with Crippen molar-refractivity contribution in [2.24, 2.45) is 0 Å². The van der Waals surface area contributed by atoms with E-state index in [2.05, 4.69) is 0 Å². The maximum Gasteiger partial charge on any atom is 0.349 e. The molecule has 0 aliphatic heterocycles. The third-order valence-electron chi connectivity index (χ3n) is 2.93. The largest absolute Gasteiger partial charge is 0.462 e. The van der Waals surface area contributed by atoms with Crippen molar-refractivity contribution in [3.8, 4) is 6.07 Å². The highest BCUT2D eigenvalue weighted by molar-refractivity contribution is 6.30. The van der Waals surface area contributed by atoms with Crippen LogP contribution in [0.1, 0.15) is 24.5 Å². The minimum atomic E-state index is -0.553. The maximum atomic E-state index is 11.7. The van der Waals surface area contributed by atoms with Crippen LogP contribution >= 0.6 is 11.6 Å². The predicted octanol–water partition coefficient (Wildman–Crippen LogP) is 3.13. The number of fused-ring (bicyclic) bond motifs is 1. The van der Waals surface area contributed by atoms with E-state index >= 15 is 0 Å². The van der Waals surface area contributed by atoms with Crippen LogP contribution in [-0.4, -0.2) is 12.6 Å². The van der Waals surface area contributed by atoms with E-state index in [0.717, 1.165) is 23.1 Å². The van der Waals surface area contributed by atoms with Crippen molar-refractivity contribution in [2.75, 3.05) is 6.61 Å². The van der Waals surface area contributed by atoms with E-state index in [9.17, 15) is 4.79 Å². The number of rotatable bonds is 2. The number of benzene rings is 1. The molecule has 0 atom stereocenters. The Kier molecular flexibility index (Phi) is 3.69. The molecule has 92 valence electrons. The van der Waals surface area contributed by atoms with Gasteiger partial charge in [0.1, 0.15) is 11.6 Å². The summed E-state index contributed by atoms with van der Waals surface area (Å²) in [5, 5.41) is 9.74. The Hall–Kier alpha value is -1.79. The second kappa shape index (κ2) is 5.24. The molecule has 0 amide bonds. The van der Waals surface area contributed by atoms with Crippen LogP contribution in [0.5, 0.6) is 0 Å². The first-order chi connectivity index (χ1) is 8.67. The lowest BCUT2D eigenvalue weighted by Crippen LogP contribution is -2.08. The van der Waals surface area contributed by atoms with Gasteiger partial charge < -0.3 is 4.74 Å². The number of ether oxygens (including phenoxy) is 1. The third kappa shape index (κ3) is 2.25. The van der Waals surface area contributed by atoms with Gasteiger partial charge in [-0.15, -0.1) is 0 Å². The highest BCUT2D eigenvalue weighted by Crippen LogP contribution is 2.36. The lowest BCUT2D eigenvalue weighted by atomic mass is 10.0. The third-order valence-corrected chi connectivity index (χ3v) is 3.17. The van der Waals surface area contributed by atoms with Crippen LogP contribution in [0, 0.1) is 11.3 Å². The van der Waals surface area contributed by atoms with Gasteiger partial charge in [-0.1, -0.05) is 17.7 Å². The summed E-state index contributed by atoms with van der Waals surface area (Å²) >= 11 is 5.96. The number of aryl methyl sites for hydroxylation is 1. The molecule has 0 radical (unpaired) electrons. The molecule has 1 aliphatic rings. The second-order valence-corrected chi connectivity index (χ2v) is 4.42. The van der Waals surface area contributed by atoms with Crippen LogP contribution < -0.4 is 0 Å². The summed E-state index contributed by atoms with van der Waals surface area (Å²) in [5.41, 5.74) is 2.85. The van der Waals surface area contributed by atoms with Gasteiger partial charge in [0.2, 0.25) is 0 Å². The van der Waals surface area contributed by atoms with Crippen LogP contribution in [0.4, 0.5) is 0 Å². The first kappa shape index (κ1) is 12.7. The molecule has 18 heavy (non-hydrogen) atoms. The molecule has 0 saturated carbocycles. The molecule has 2 rings (SSSR count). The lowest BCUT2D eigenvalue weighted by molar-refractivity contribution is -0.137. The standard InChI is InChI=1S/C14H12ClNO2/c1-2-18-14(17)13(8-16)11-6-4-9-3-5-10(15)7-12(9)11/h3,5,7H,2,4,6H2,1H3. The first-order valence-electron chi connectivity index (χ1n) is 5.76. The van der Waals surface area contributed by atoms with Gasteiger partial charge >= 0.3 is 5.97 Å². The summed E-state index contributed by atoms with van der Waals surface area (Å²) in [4.78, 5) is 11.7. The molecule has 0 bridgehead atoms. The zero-order valence-electron chi connectivity index (χ0n) is 10.00. The van der Waals surface area contributed by atoms with Crippen molar-refractivity contribution < 1.29 is 9.53 Å². The fraction of sp³-hybridized carbons (Fsp3) is 0.286. The fourth-order valence-corrected chi connectivity index (χ4v) is 2.31. The van der Waals surface area contributed by atoms with E-state index in [4.69, 9.17) is 21.6 Å². The number of carbonyl (C=O) groups is 1. The van der Waals surface area contributed by atoms with Crippen LogP contribution in [0.15, 0.2) is 23.8 Å². The monoisotopic (exact) mass is 261 g/mol. The van der Waals surface area contributed by atoms with Crippen LogP contribution in [-0.2, 0) is 16.0 Å². The van der Waals surface area contributed by atoms with Crippen LogP contribution in [0.3, 0.4) is 0 Å². The Morgan fingerprint density at radius 1 is 1.50 bits per heavy atom. The predicted molar refractivity (Wildman–Crippen MR) is 68.9 cm³/mol. The normalized spacial score (nSPS) is 15.8. The molecular weight excluding hydrogens is 250 g/mol.